The van der Waals surface area contributed by atoms with Crippen molar-refractivity contribution in [2.45, 2.75) is 11.0 Å². The van der Waals surface area contributed by atoms with Gasteiger partial charge >= 0.3 is 148 Å². The van der Waals surface area contributed by atoms with Crippen LogP contribution in [0.5, 0.6) is 0 Å². The summed E-state index contributed by atoms with van der Waals surface area (Å²) in [7, 11) is -13.6. The Balaban J connectivity index is 3.56. The first-order chi connectivity index (χ1) is 11.4. The fourth-order valence-electron chi connectivity index (χ4n) is 1.23. The second-order valence-electron chi connectivity index (χ2n) is 4.11. The van der Waals surface area contributed by atoms with Crippen LogP contribution in [0.2, 0.25) is 0 Å². The molecule has 0 N–H and O–H groups in total. The van der Waals surface area contributed by atoms with Crippen LogP contribution in [0.3, 0.4) is 0 Å². The molecule has 6 nitrogen and oxygen atoms in total. The SMILES string of the molecule is O=S(=O)([O][Tl]([O]S(=O)(=O)C(F)(F)F)[c]1c(F)cc(F)cc1F)C(F)(F)F. The zero-order chi connectivity index (χ0) is 20.7. The van der Waals surface area contributed by atoms with Crippen molar-refractivity contribution in [3.8, 4) is 0 Å². The number of halogens is 9. The summed E-state index contributed by atoms with van der Waals surface area (Å²) in [5, 5.41) is 0. The molecule has 1 rings (SSSR count). The van der Waals surface area contributed by atoms with Crippen LogP contribution >= 0.6 is 0 Å². The fraction of sp³-hybridized carbons (Fsp3) is 0.250. The van der Waals surface area contributed by atoms with Gasteiger partial charge in [-0.2, -0.15) is 0 Å². The average molecular weight is 634 g/mol. The third-order valence-electron chi connectivity index (χ3n) is 2.27. The van der Waals surface area contributed by atoms with Crippen LogP contribution in [-0.4, -0.2) is 51.5 Å². The van der Waals surface area contributed by atoms with Crippen LogP contribution in [0, 0.1) is 17.5 Å². The van der Waals surface area contributed by atoms with Crippen molar-refractivity contribution >= 4 is 47.0 Å². The van der Waals surface area contributed by atoms with Gasteiger partial charge in [-0.3, -0.25) is 0 Å². The van der Waals surface area contributed by atoms with Crippen molar-refractivity contribution in [1.29, 1.82) is 0 Å². The molecule has 0 atom stereocenters. The second-order valence-corrected chi connectivity index (χ2v) is 16.5. The summed E-state index contributed by atoms with van der Waals surface area (Å²) in [5.41, 5.74) is -12.5. The molecule has 0 spiro atoms. The van der Waals surface area contributed by atoms with Crippen LogP contribution in [0.1, 0.15) is 0 Å². The van der Waals surface area contributed by atoms with Crippen molar-refractivity contribution in [2.75, 3.05) is 0 Å². The molecule has 0 saturated heterocycles. The quantitative estimate of drug-likeness (QED) is 0.278. The van der Waals surface area contributed by atoms with Crippen molar-refractivity contribution in [3.05, 3.63) is 29.6 Å². The molecule has 0 fully saturated rings. The molecule has 0 amide bonds. The number of rotatable bonds is 5. The Morgan fingerprint density at radius 3 is 1.31 bits per heavy atom. The molecule has 26 heavy (non-hydrogen) atoms. The van der Waals surface area contributed by atoms with Gasteiger partial charge < -0.3 is 0 Å². The van der Waals surface area contributed by atoms with Crippen LogP contribution < -0.4 is 3.12 Å². The van der Waals surface area contributed by atoms with Gasteiger partial charge in [-0.15, -0.1) is 0 Å². The van der Waals surface area contributed by atoms with Gasteiger partial charge in [-0.25, -0.2) is 0 Å². The Kier molecular flexibility index (Phi) is 6.64. The van der Waals surface area contributed by atoms with Crippen LogP contribution in [0.4, 0.5) is 39.5 Å². The predicted molar refractivity (Wildman–Crippen MR) is 63.8 cm³/mol. The van der Waals surface area contributed by atoms with Crippen molar-refractivity contribution < 1.29 is 60.6 Å². The van der Waals surface area contributed by atoms with E-state index in [1.54, 1.807) is 0 Å². The number of hydrogen-bond donors (Lipinski definition) is 0. The summed E-state index contributed by atoms with van der Waals surface area (Å²) in [6.07, 6.45) is 0. The topological polar surface area (TPSA) is 86.7 Å². The van der Waals surface area contributed by atoms with E-state index in [9.17, 15) is 56.3 Å². The molecule has 148 valence electrons. The second kappa shape index (κ2) is 7.39. The Hall–Kier alpha value is -0.668. The molecule has 0 aliphatic rings. The average Bonchev–Trinajstić information content (AvgIpc) is 2.32. The molecular weight excluding hydrogens is 632 g/mol. The van der Waals surface area contributed by atoms with Gasteiger partial charge in [-0.05, 0) is 0 Å². The number of alkyl halides is 6. The Bertz CT molecular complexity index is 823. The molecule has 0 heterocycles. The molecular formula is C8H2F9O6S2Tl. The minimum atomic E-state index is -6.79. The number of hydrogen-bond acceptors (Lipinski definition) is 6. The normalized spacial score (nSPS) is 13.7. The molecule has 0 aliphatic heterocycles. The van der Waals surface area contributed by atoms with E-state index in [0.717, 1.165) is 0 Å². The first-order valence-corrected chi connectivity index (χ1v) is 14.2. The van der Waals surface area contributed by atoms with Crippen LogP contribution in [0.25, 0.3) is 0 Å². The first-order valence-electron chi connectivity index (χ1n) is 5.52. The molecule has 0 saturated carbocycles. The van der Waals surface area contributed by atoms with Crippen LogP contribution in [-0.2, 0) is 24.5 Å². The van der Waals surface area contributed by atoms with Gasteiger partial charge in [0.25, 0.3) is 0 Å². The van der Waals surface area contributed by atoms with Crippen LogP contribution in [0.15, 0.2) is 12.1 Å². The molecule has 0 radical (unpaired) electrons. The van der Waals surface area contributed by atoms with Gasteiger partial charge in [0.05, 0.1) is 0 Å². The minimum absolute atomic E-state index is 0.251. The van der Waals surface area contributed by atoms with E-state index >= 15 is 0 Å². The third kappa shape index (κ3) is 5.19. The zero-order valence-electron chi connectivity index (χ0n) is 11.4. The van der Waals surface area contributed by atoms with Gasteiger partial charge in [0.15, 0.2) is 0 Å². The number of benzene rings is 1. The molecule has 0 unspecified atom stereocenters. The fourth-order valence-corrected chi connectivity index (χ4v) is 15.9. The van der Waals surface area contributed by atoms with Crippen molar-refractivity contribution in [2.24, 2.45) is 0 Å². The summed E-state index contributed by atoms with van der Waals surface area (Å²) >= 11 is -6.72. The zero-order valence-corrected chi connectivity index (χ0v) is 17.5. The van der Waals surface area contributed by atoms with Gasteiger partial charge in [0.2, 0.25) is 0 Å². The predicted octanol–water partition coefficient (Wildman–Crippen LogP) is 1.53. The molecule has 1 aromatic carbocycles. The first kappa shape index (κ1) is 23.4. The molecule has 18 heteroatoms. The van der Waals surface area contributed by atoms with Gasteiger partial charge in [0, 0.05) is 0 Å². The summed E-state index contributed by atoms with van der Waals surface area (Å²) in [6, 6.07) is -0.503. The molecule has 0 aromatic heterocycles. The third-order valence-corrected chi connectivity index (χ3v) is 18.2. The maximum atomic E-state index is 13.6. The maximum absolute atomic E-state index is 13.6. The van der Waals surface area contributed by atoms with Gasteiger partial charge in [-0.1, -0.05) is 0 Å². The summed E-state index contributed by atoms with van der Waals surface area (Å²) < 4.78 is 162. The van der Waals surface area contributed by atoms with E-state index in [-0.39, 0.29) is 12.1 Å². The van der Waals surface area contributed by atoms with E-state index < -0.39 is 75.4 Å². The summed E-state index contributed by atoms with van der Waals surface area (Å²) in [5.74, 6) is -6.07. The van der Waals surface area contributed by atoms with E-state index in [0.29, 0.717) is 0 Å². The monoisotopic (exact) mass is 634 g/mol. The van der Waals surface area contributed by atoms with Crippen molar-refractivity contribution in [3.63, 3.8) is 0 Å². The Morgan fingerprint density at radius 1 is 0.731 bits per heavy atom. The van der Waals surface area contributed by atoms with E-state index in [2.05, 4.69) is 4.27 Å². The standard InChI is InChI=1S/C6H2F3.2CHF3O3S.Tl/c7-4-1-5(8)3-6(9)2-4;2*2-1(3,4)8(5,6)7;/h1-2H;2*(H,5,6,7);/q;;;+2/p-2. The van der Waals surface area contributed by atoms with E-state index in [4.69, 9.17) is 0 Å². The molecule has 0 bridgehead atoms. The molecule has 0 aliphatic carbocycles. The summed E-state index contributed by atoms with van der Waals surface area (Å²) in [6.45, 7) is 0. The molecule has 1 aromatic rings. The van der Waals surface area contributed by atoms with Crippen molar-refractivity contribution in [1.82, 2.24) is 0 Å². The van der Waals surface area contributed by atoms with E-state index in [1.165, 1.54) is 0 Å². The summed E-state index contributed by atoms with van der Waals surface area (Å²) in [4.78, 5) is 0. The Morgan fingerprint density at radius 2 is 1.04 bits per heavy atom. The van der Waals surface area contributed by atoms with Gasteiger partial charge in [0.1, 0.15) is 0 Å². The Labute approximate surface area is 148 Å². The van der Waals surface area contributed by atoms with E-state index in [1.807, 2.05) is 0 Å².